The molecule has 1 saturated heterocycles. The Balaban J connectivity index is 1.47. The van der Waals surface area contributed by atoms with Crippen molar-refractivity contribution in [3.63, 3.8) is 0 Å². The molecule has 0 saturated carbocycles. The Bertz CT molecular complexity index is 1070. The van der Waals surface area contributed by atoms with Gasteiger partial charge in [-0.15, -0.1) is 11.3 Å². The van der Waals surface area contributed by atoms with Crippen LogP contribution in [0.3, 0.4) is 0 Å². The van der Waals surface area contributed by atoms with Gasteiger partial charge in [-0.05, 0) is 56.2 Å². The summed E-state index contributed by atoms with van der Waals surface area (Å²) in [5.74, 6) is -0.503. The predicted octanol–water partition coefficient (Wildman–Crippen LogP) is 4.00. The molecule has 0 spiro atoms. The van der Waals surface area contributed by atoms with Crippen LogP contribution in [0, 0.1) is 0 Å². The number of nitrogens with zero attached hydrogens (tertiary/aromatic N) is 2. The van der Waals surface area contributed by atoms with Crippen LogP contribution in [-0.2, 0) is 14.8 Å². The molecule has 0 bridgehead atoms. The van der Waals surface area contributed by atoms with Crippen LogP contribution in [0.4, 0.5) is 0 Å². The molecule has 6 nitrogen and oxygen atoms in total. The van der Waals surface area contributed by atoms with Gasteiger partial charge in [0.05, 0.1) is 20.7 Å². The number of para-hydroxylation sites is 1. The minimum absolute atomic E-state index is 0.199. The van der Waals surface area contributed by atoms with Crippen molar-refractivity contribution in [3.05, 3.63) is 59.1 Å². The van der Waals surface area contributed by atoms with Gasteiger partial charge >= 0.3 is 5.97 Å². The molecule has 0 radical (unpaired) electrons. The fourth-order valence-electron chi connectivity index (χ4n) is 3.18. The number of fused-ring (bicyclic) bond motifs is 1. The minimum atomic E-state index is -3.49. The van der Waals surface area contributed by atoms with Gasteiger partial charge in [0.25, 0.3) is 0 Å². The zero-order chi connectivity index (χ0) is 19.7. The summed E-state index contributed by atoms with van der Waals surface area (Å²) in [5.41, 5.74) is 1.19. The van der Waals surface area contributed by atoms with E-state index in [9.17, 15) is 13.2 Å². The summed E-state index contributed by atoms with van der Waals surface area (Å²) in [6.07, 6.45) is 1.28. The monoisotopic (exact) mass is 416 g/mol. The molecule has 4 rings (SSSR count). The molecular weight excluding hydrogens is 396 g/mol. The molecule has 1 aliphatic rings. The van der Waals surface area contributed by atoms with Crippen molar-refractivity contribution in [2.45, 2.75) is 30.8 Å². The van der Waals surface area contributed by atoms with Crippen molar-refractivity contribution in [1.29, 1.82) is 0 Å². The van der Waals surface area contributed by atoms with Gasteiger partial charge in [-0.3, -0.25) is 0 Å². The summed E-state index contributed by atoms with van der Waals surface area (Å²) in [6, 6.07) is 13.7. The molecule has 0 amide bonds. The average molecular weight is 417 g/mol. The molecule has 2 heterocycles. The molecule has 1 unspecified atom stereocenters. The normalized spacial score (nSPS) is 16.3. The van der Waals surface area contributed by atoms with Crippen LogP contribution in [0.25, 0.3) is 10.2 Å². The number of sulfonamides is 1. The lowest BCUT2D eigenvalue weighted by molar-refractivity contribution is 0.0337. The second kappa shape index (κ2) is 7.62. The first-order valence-corrected chi connectivity index (χ1v) is 11.4. The third-order valence-corrected chi connectivity index (χ3v) is 7.85. The van der Waals surface area contributed by atoms with Gasteiger partial charge in [-0.1, -0.05) is 12.1 Å². The Labute approximate surface area is 167 Å². The lowest BCUT2D eigenvalue weighted by Gasteiger charge is -2.15. The smallest absolute Gasteiger partial charge is 0.338 e. The van der Waals surface area contributed by atoms with Gasteiger partial charge in [0.2, 0.25) is 10.0 Å². The van der Waals surface area contributed by atoms with E-state index in [2.05, 4.69) is 4.98 Å². The van der Waals surface area contributed by atoms with Crippen molar-refractivity contribution < 1.29 is 17.9 Å². The zero-order valence-corrected chi connectivity index (χ0v) is 17.0. The predicted molar refractivity (Wildman–Crippen MR) is 108 cm³/mol. The highest BCUT2D eigenvalue weighted by Crippen LogP contribution is 2.29. The van der Waals surface area contributed by atoms with Crippen LogP contribution in [0.5, 0.6) is 0 Å². The molecule has 1 atom stereocenters. The molecule has 146 valence electrons. The number of esters is 1. The lowest BCUT2D eigenvalue weighted by Crippen LogP contribution is -2.27. The first kappa shape index (κ1) is 19.0. The largest absolute Gasteiger partial charge is 0.452 e. The molecule has 0 N–H and O–H groups in total. The number of hydrogen-bond donors (Lipinski definition) is 0. The van der Waals surface area contributed by atoms with Crippen LogP contribution < -0.4 is 0 Å². The van der Waals surface area contributed by atoms with E-state index in [0.29, 0.717) is 18.7 Å². The van der Waals surface area contributed by atoms with E-state index >= 15 is 0 Å². The Morgan fingerprint density at radius 2 is 1.79 bits per heavy atom. The fraction of sp³-hybridized carbons (Fsp3) is 0.300. The van der Waals surface area contributed by atoms with Gasteiger partial charge in [0.15, 0.2) is 6.10 Å². The first-order chi connectivity index (χ1) is 13.4. The third kappa shape index (κ3) is 3.67. The summed E-state index contributed by atoms with van der Waals surface area (Å²) in [7, 11) is -3.49. The number of thiazole rings is 1. The fourth-order valence-corrected chi connectivity index (χ4v) is 5.65. The van der Waals surface area contributed by atoms with Gasteiger partial charge in [-0.2, -0.15) is 4.31 Å². The highest BCUT2D eigenvalue weighted by molar-refractivity contribution is 7.89. The van der Waals surface area contributed by atoms with Crippen molar-refractivity contribution in [2.24, 2.45) is 0 Å². The molecule has 28 heavy (non-hydrogen) atoms. The van der Waals surface area contributed by atoms with E-state index in [-0.39, 0.29) is 4.90 Å². The van der Waals surface area contributed by atoms with Gasteiger partial charge in [0, 0.05) is 13.1 Å². The number of aromatic nitrogens is 1. The number of carbonyl (C=O) groups excluding carboxylic acids is 1. The van der Waals surface area contributed by atoms with Crippen LogP contribution in [0.15, 0.2) is 53.4 Å². The van der Waals surface area contributed by atoms with Crippen LogP contribution in [0.1, 0.15) is 41.2 Å². The van der Waals surface area contributed by atoms with E-state index in [4.69, 9.17) is 4.74 Å². The summed E-state index contributed by atoms with van der Waals surface area (Å²) in [4.78, 5) is 17.2. The summed E-state index contributed by atoms with van der Waals surface area (Å²) in [5, 5.41) is 0.725. The van der Waals surface area contributed by atoms with E-state index in [1.807, 2.05) is 24.3 Å². The molecule has 3 aromatic rings. The molecule has 1 fully saturated rings. The SMILES string of the molecule is CC(OC(=O)c1ccc(S(=O)(=O)N2CCCC2)cc1)c1nc2ccccc2s1. The molecular formula is C20H20N2O4S2. The summed E-state index contributed by atoms with van der Waals surface area (Å²) < 4.78 is 33.2. The Hall–Kier alpha value is -2.29. The molecule has 1 aliphatic heterocycles. The minimum Gasteiger partial charge on any atom is -0.452 e. The van der Waals surface area contributed by atoms with Gasteiger partial charge in [-0.25, -0.2) is 18.2 Å². The van der Waals surface area contributed by atoms with Crippen LogP contribution in [-0.4, -0.2) is 36.8 Å². The first-order valence-electron chi connectivity index (χ1n) is 9.12. The highest BCUT2D eigenvalue weighted by atomic mass is 32.2. The van der Waals surface area contributed by atoms with Gasteiger partial charge in [0.1, 0.15) is 5.01 Å². The molecule has 1 aromatic heterocycles. The van der Waals surface area contributed by atoms with E-state index in [1.165, 1.54) is 39.9 Å². The maximum Gasteiger partial charge on any atom is 0.338 e. The van der Waals surface area contributed by atoms with Crippen LogP contribution in [0.2, 0.25) is 0 Å². The molecule has 0 aliphatic carbocycles. The standard InChI is InChI=1S/C20H20N2O4S2/c1-14(19-21-17-6-2-3-7-18(17)27-19)26-20(23)15-8-10-16(11-9-15)28(24,25)22-12-4-5-13-22/h2-3,6-11,14H,4-5,12-13H2,1H3. The summed E-state index contributed by atoms with van der Waals surface area (Å²) in [6.45, 7) is 2.87. The topological polar surface area (TPSA) is 76.6 Å². The summed E-state index contributed by atoms with van der Waals surface area (Å²) >= 11 is 1.49. The van der Waals surface area contributed by atoms with E-state index in [1.54, 1.807) is 6.92 Å². The number of hydrogen-bond acceptors (Lipinski definition) is 6. The van der Waals surface area contributed by atoms with Crippen LogP contribution >= 0.6 is 11.3 Å². The van der Waals surface area contributed by atoms with Crippen molar-refractivity contribution in [3.8, 4) is 0 Å². The van der Waals surface area contributed by atoms with Crippen molar-refractivity contribution >= 4 is 37.5 Å². The van der Waals surface area contributed by atoms with Gasteiger partial charge < -0.3 is 4.74 Å². The third-order valence-electron chi connectivity index (χ3n) is 4.73. The van der Waals surface area contributed by atoms with Crippen molar-refractivity contribution in [2.75, 3.05) is 13.1 Å². The van der Waals surface area contributed by atoms with E-state index < -0.39 is 22.1 Å². The second-order valence-corrected chi connectivity index (χ2v) is 9.70. The highest BCUT2D eigenvalue weighted by Gasteiger charge is 2.27. The Kier molecular flexibility index (Phi) is 5.18. The lowest BCUT2D eigenvalue weighted by atomic mass is 10.2. The number of benzene rings is 2. The molecule has 2 aromatic carbocycles. The van der Waals surface area contributed by atoms with Crippen molar-refractivity contribution in [1.82, 2.24) is 9.29 Å². The Morgan fingerprint density at radius 3 is 2.46 bits per heavy atom. The maximum absolute atomic E-state index is 12.6. The number of carbonyl (C=O) groups is 1. The second-order valence-electron chi connectivity index (χ2n) is 6.70. The Morgan fingerprint density at radius 1 is 1.11 bits per heavy atom. The number of ether oxygens (including phenoxy) is 1. The quantitative estimate of drug-likeness (QED) is 0.588. The molecule has 8 heteroatoms. The number of rotatable bonds is 5. The maximum atomic E-state index is 12.6. The van der Waals surface area contributed by atoms with E-state index in [0.717, 1.165) is 28.1 Å². The average Bonchev–Trinajstić information content (AvgIpc) is 3.38. The zero-order valence-electron chi connectivity index (χ0n) is 15.4.